The van der Waals surface area contributed by atoms with Gasteiger partial charge < -0.3 is 23.8 Å². The van der Waals surface area contributed by atoms with E-state index in [2.05, 4.69) is 0 Å². The highest BCUT2D eigenvalue weighted by Crippen LogP contribution is 2.45. The second-order valence-corrected chi connectivity index (χ2v) is 6.37. The minimum atomic E-state index is -0.0706. The molecule has 0 atom stereocenters. The fourth-order valence-electron chi connectivity index (χ4n) is 3.79. The van der Waals surface area contributed by atoms with Crippen molar-refractivity contribution in [3.63, 3.8) is 0 Å². The van der Waals surface area contributed by atoms with Crippen molar-refractivity contribution in [1.82, 2.24) is 4.90 Å². The molecule has 0 saturated heterocycles. The average Bonchev–Trinajstić information content (AvgIpc) is 2.85. The highest BCUT2D eigenvalue weighted by molar-refractivity contribution is 6.14. The van der Waals surface area contributed by atoms with E-state index in [4.69, 9.17) is 18.9 Å². The highest BCUT2D eigenvalue weighted by Gasteiger charge is 2.37. The van der Waals surface area contributed by atoms with Gasteiger partial charge in [-0.25, -0.2) is 0 Å². The topological polar surface area (TPSA) is 57.2 Å². The van der Waals surface area contributed by atoms with E-state index in [1.807, 2.05) is 30.3 Å². The number of nitrogens with zero attached hydrogens (tertiary/aromatic N) is 1. The first kappa shape index (κ1) is 17.3. The monoisotopic (exact) mass is 367 g/mol. The molecular formula is C21H21NO5. The van der Waals surface area contributed by atoms with Crippen molar-refractivity contribution >= 4 is 17.7 Å². The van der Waals surface area contributed by atoms with Gasteiger partial charge >= 0.3 is 0 Å². The van der Waals surface area contributed by atoms with Crippen LogP contribution in [0.15, 0.2) is 24.3 Å². The summed E-state index contributed by atoms with van der Waals surface area (Å²) in [5.41, 5.74) is 4.39. The van der Waals surface area contributed by atoms with Crippen LogP contribution in [0.2, 0.25) is 0 Å². The predicted molar refractivity (Wildman–Crippen MR) is 102 cm³/mol. The second-order valence-electron chi connectivity index (χ2n) is 6.37. The number of methoxy groups -OCH3 is 4. The summed E-state index contributed by atoms with van der Waals surface area (Å²) in [7, 11) is 6.36. The molecule has 2 heterocycles. The Hall–Kier alpha value is -3.15. The Labute approximate surface area is 157 Å². The first-order valence-corrected chi connectivity index (χ1v) is 8.66. The molecule has 0 fully saturated rings. The van der Waals surface area contributed by atoms with Crippen molar-refractivity contribution in [1.29, 1.82) is 0 Å². The maximum absolute atomic E-state index is 13.1. The van der Waals surface area contributed by atoms with Crippen molar-refractivity contribution in [3.05, 3.63) is 46.5 Å². The summed E-state index contributed by atoms with van der Waals surface area (Å²) in [6, 6.07) is 7.67. The quantitative estimate of drug-likeness (QED) is 0.830. The number of carbonyl (C=O) groups is 1. The van der Waals surface area contributed by atoms with Crippen LogP contribution in [0.25, 0.3) is 11.8 Å². The van der Waals surface area contributed by atoms with Crippen LogP contribution >= 0.6 is 0 Å². The Bertz CT molecular complexity index is 964. The number of rotatable bonds is 4. The van der Waals surface area contributed by atoms with Gasteiger partial charge in [-0.15, -0.1) is 0 Å². The molecule has 27 heavy (non-hydrogen) atoms. The summed E-state index contributed by atoms with van der Waals surface area (Å²) in [6.45, 7) is 0.577. The van der Waals surface area contributed by atoms with Crippen LogP contribution in [0.1, 0.15) is 27.0 Å². The van der Waals surface area contributed by atoms with Crippen molar-refractivity contribution in [2.45, 2.75) is 6.42 Å². The molecule has 2 aromatic carbocycles. The van der Waals surface area contributed by atoms with Crippen LogP contribution in [-0.4, -0.2) is 45.8 Å². The lowest BCUT2D eigenvalue weighted by Gasteiger charge is -2.16. The fraction of sp³-hybridized carbons (Fsp3) is 0.286. The van der Waals surface area contributed by atoms with Gasteiger partial charge in [-0.1, -0.05) is 0 Å². The molecule has 0 radical (unpaired) electrons. The smallest absolute Gasteiger partial charge is 0.262 e. The Morgan fingerprint density at radius 1 is 0.889 bits per heavy atom. The molecule has 4 rings (SSSR count). The van der Waals surface area contributed by atoms with E-state index in [1.165, 1.54) is 0 Å². The Morgan fingerprint density at radius 2 is 1.59 bits per heavy atom. The van der Waals surface area contributed by atoms with Crippen LogP contribution in [0.3, 0.4) is 0 Å². The lowest BCUT2D eigenvalue weighted by molar-refractivity contribution is 0.0849. The molecule has 0 aliphatic carbocycles. The average molecular weight is 367 g/mol. The summed E-state index contributed by atoms with van der Waals surface area (Å²) >= 11 is 0. The summed E-state index contributed by atoms with van der Waals surface area (Å²) in [5, 5.41) is 0. The molecule has 0 N–H and O–H groups in total. The van der Waals surface area contributed by atoms with Crippen LogP contribution in [0.4, 0.5) is 0 Å². The molecule has 140 valence electrons. The molecule has 0 aromatic heterocycles. The van der Waals surface area contributed by atoms with Gasteiger partial charge in [0.25, 0.3) is 5.91 Å². The number of fused-ring (bicyclic) bond motifs is 4. The number of ether oxygens (including phenoxy) is 4. The van der Waals surface area contributed by atoms with Crippen LogP contribution in [0, 0.1) is 0 Å². The maximum atomic E-state index is 13.1. The van der Waals surface area contributed by atoms with E-state index in [0.717, 1.165) is 28.8 Å². The SMILES string of the molecule is COc1cc2c(cc1OC)CCN1C(=O)c3c(ccc(OC)c3OC)C1=C2. The number of benzene rings is 2. The zero-order chi connectivity index (χ0) is 19.1. The molecule has 2 aliphatic heterocycles. The predicted octanol–water partition coefficient (Wildman–Crippen LogP) is 3.23. The van der Waals surface area contributed by atoms with E-state index < -0.39 is 0 Å². The molecule has 6 heteroatoms. The third-order valence-electron chi connectivity index (χ3n) is 5.11. The summed E-state index contributed by atoms with van der Waals surface area (Å²) in [5.74, 6) is 2.31. The van der Waals surface area contributed by atoms with E-state index in [9.17, 15) is 4.79 Å². The number of hydrogen-bond donors (Lipinski definition) is 0. The fourth-order valence-corrected chi connectivity index (χ4v) is 3.79. The largest absolute Gasteiger partial charge is 0.493 e. The first-order valence-electron chi connectivity index (χ1n) is 8.66. The summed E-state index contributed by atoms with van der Waals surface area (Å²) in [6.07, 6.45) is 2.74. The van der Waals surface area contributed by atoms with Gasteiger partial charge in [0.2, 0.25) is 0 Å². The van der Waals surface area contributed by atoms with E-state index in [-0.39, 0.29) is 5.91 Å². The maximum Gasteiger partial charge on any atom is 0.262 e. The standard InChI is InChI=1S/C21H21NO5/c1-24-16-6-5-14-15-9-13-11-18(26-3)17(25-2)10-12(13)7-8-22(15)21(23)19(14)20(16)27-4/h5-6,9-11H,7-8H2,1-4H3. The van der Waals surface area contributed by atoms with Crippen LogP contribution < -0.4 is 18.9 Å². The summed E-state index contributed by atoms with van der Waals surface area (Å²) in [4.78, 5) is 14.9. The normalized spacial score (nSPS) is 14.6. The van der Waals surface area contributed by atoms with Crippen LogP contribution in [-0.2, 0) is 6.42 Å². The molecule has 0 unspecified atom stereocenters. The molecular weight excluding hydrogens is 346 g/mol. The lowest BCUT2D eigenvalue weighted by atomic mass is 10.0. The molecule has 0 saturated carbocycles. The highest BCUT2D eigenvalue weighted by atomic mass is 16.5. The minimum Gasteiger partial charge on any atom is -0.493 e. The molecule has 0 spiro atoms. The van der Waals surface area contributed by atoms with Gasteiger partial charge in [-0.05, 0) is 47.9 Å². The van der Waals surface area contributed by atoms with Gasteiger partial charge in [0.15, 0.2) is 23.0 Å². The van der Waals surface area contributed by atoms with Crippen molar-refractivity contribution in [2.24, 2.45) is 0 Å². The minimum absolute atomic E-state index is 0.0706. The van der Waals surface area contributed by atoms with Crippen LogP contribution in [0.5, 0.6) is 23.0 Å². The number of amides is 1. The zero-order valence-corrected chi connectivity index (χ0v) is 15.8. The third-order valence-corrected chi connectivity index (χ3v) is 5.11. The van der Waals surface area contributed by atoms with Crippen molar-refractivity contribution < 1.29 is 23.7 Å². The van der Waals surface area contributed by atoms with Gasteiger partial charge in [0.1, 0.15) is 0 Å². The van der Waals surface area contributed by atoms with E-state index >= 15 is 0 Å². The molecule has 0 bridgehead atoms. The molecule has 1 amide bonds. The Balaban J connectivity index is 1.91. The zero-order valence-electron chi connectivity index (χ0n) is 15.8. The Morgan fingerprint density at radius 3 is 2.26 bits per heavy atom. The van der Waals surface area contributed by atoms with Gasteiger partial charge in [-0.2, -0.15) is 0 Å². The van der Waals surface area contributed by atoms with E-state index in [0.29, 0.717) is 35.1 Å². The number of carbonyl (C=O) groups excluding carboxylic acids is 1. The van der Waals surface area contributed by atoms with Gasteiger partial charge in [-0.3, -0.25) is 4.79 Å². The first-order chi connectivity index (χ1) is 13.1. The molecule has 2 aliphatic rings. The Kier molecular flexibility index (Phi) is 4.18. The molecule has 6 nitrogen and oxygen atoms in total. The van der Waals surface area contributed by atoms with E-state index in [1.54, 1.807) is 33.3 Å². The second kappa shape index (κ2) is 6.54. The van der Waals surface area contributed by atoms with Gasteiger partial charge in [0.05, 0.1) is 39.7 Å². The third kappa shape index (κ3) is 2.51. The number of hydrogen-bond acceptors (Lipinski definition) is 5. The molecule has 2 aromatic rings. The van der Waals surface area contributed by atoms with Crippen molar-refractivity contribution in [3.8, 4) is 23.0 Å². The van der Waals surface area contributed by atoms with Crippen molar-refractivity contribution in [2.75, 3.05) is 35.0 Å². The van der Waals surface area contributed by atoms with Gasteiger partial charge in [0, 0.05) is 12.1 Å². The summed E-state index contributed by atoms with van der Waals surface area (Å²) < 4.78 is 21.7. The lowest BCUT2D eigenvalue weighted by Crippen LogP contribution is -2.24.